The van der Waals surface area contributed by atoms with Gasteiger partial charge < -0.3 is 94.8 Å². The minimum absolute atomic E-state index is 0.182. The number of carbonyl (C=O) groups is 5. The lowest BCUT2D eigenvalue weighted by Crippen LogP contribution is -2.63. The molecule has 26 nitrogen and oxygen atoms in total. The van der Waals surface area contributed by atoms with Crippen molar-refractivity contribution in [2.45, 2.75) is 42.7 Å². The number of benzene rings is 5. The highest BCUT2D eigenvalue weighted by Gasteiger charge is 2.57. The molecule has 6 aromatic rings. The van der Waals surface area contributed by atoms with Crippen molar-refractivity contribution < 1.29 is 119 Å². The number of aliphatic hydroxyl groups excluding tert-OH is 1. The highest BCUT2D eigenvalue weighted by molar-refractivity contribution is 6.08. The van der Waals surface area contributed by atoms with Crippen LogP contribution in [0, 0.1) is 0 Å². The van der Waals surface area contributed by atoms with Gasteiger partial charge in [-0.2, -0.15) is 0 Å². The van der Waals surface area contributed by atoms with Gasteiger partial charge in [-0.25, -0.2) is 33.9 Å². The lowest BCUT2D eigenvalue weighted by atomic mass is 9.77. The Kier molecular flexibility index (Phi) is 10.8. The number of ether oxygens (including phenoxy) is 6. The monoisotopic (exact) mass is 1010 g/mol. The van der Waals surface area contributed by atoms with E-state index in [4.69, 9.17) is 28.4 Å². The lowest BCUT2D eigenvalue weighted by Gasteiger charge is -2.44. The first-order valence-corrected chi connectivity index (χ1v) is 21.1. The van der Waals surface area contributed by atoms with Crippen molar-refractivity contribution in [3.05, 3.63) is 99.4 Å². The number of rotatable bonds is 2. The Hall–Kier alpha value is -9.95. The quantitative estimate of drug-likeness (QED) is 0.0673. The average Bonchev–Trinajstić information content (AvgIpc) is 3.36. The number of cyclic esters (lactones) is 1. The van der Waals surface area contributed by atoms with Crippen molar-refractivity contribution in [1.29, 1.82) is 0 Å². The van der Waals surface area contributed by atoms with Gasteiger partial charge in [-0.15, -0.1) is 0 Å². The zero-order valence-electron chi connectivity index (χ0n) is 36.2. The van der Waals surface area contributed by atoms with E-state index >= 15 is 4.79 Å². The van der Waals surface area contributed by atoms with E-state index in [1.54, 1.807) is 12.1 Å². The van der Waals surface area contributed by atoms with Gasteiger partial charge in [-0.05, 0) is 48.5 Å². The smallest absolute Gasteiger partial charge is 0.340 e. The largest absolute Gasteiger partial charge is 0.504 e. The molecule has 0 spiro atoms. The van der Waals surface area contributed by atoms with Gasteiger partial charge in [0.05, 0.1) is 56.2 Å². The predicted octanol–water partition coefficient (Wildman–Crippen LogP) is 2.41. The van der Waals surface area contributed by atoms with E-state index in [9.17, 15) is 85.6 Å². The fourth-order valence-electron chi connectivity index (χ4n) is 8.88. The number of fused-ring (bicyclic) bond motifs is 8. The topological polar surface area (TPSA) is 430 Å². The zero-order valence-corrected chi connectivity index (χ0v) is 36.2. The molecule has 7 atom stereocenters. The van der Waals surface area contributed by atoms with Crippen molar-refractivity contribution in [2.75, 3.05) is 6.61 Å². The number of para-hydroxylation sites is 2. The molecule has 3 aliphatic heterocycles. The molecule has 0 radical (unpaired) electrons. The predicted molar refractivity (Wildman–Crippen MR) is 233 cm³/mol. The molecule has 1 aliphatic carbocycles. The van der Waals surface area contributed by atoms with Gasteiger partial charge in [0.15, 0.2) is 64.0 Å². The molecule has 0 amide bonds. The first kappa shape index (κ1) is 46.8. The number of hydrogen-bond donors (Lipinski definition) is 13. The van der Waals surface area contributed by atoms with Crippen LogP contribution in [0.2, 0.25) is 0 Å². The maximum Gasteiger partial charge on any atom is 0.340 e. The number of nitrogens with zero attached hydrogens (tertiary/aromatic N) is 2. The van der Waals surface area contributed by atoms with Crippen LogP contribution in [-0.2, 0) is 33.2 Å². The number of aliphatic hydroxyl groups is 1. The molecular weight excluding hydrogens is 977 g/mol. The van der Waals surface area contributed by atoms with E-state index in [2.05, 4.69) is 9.97 Å². The van der Waals surface area contributed by atoms with Crippen LogP contribution in [-0.4, -0.2) is 144 Å². The van der Waals surface area contributed by atoms with Crippen LogP contribution < -0.4 is 0 Å². The molecule has 73 heavy (non-hydrogen) atoms. The summed E-state index contributed by atoms with van der Waals surface area (Å²) in [5, 5.41) is 141. The number of carbonyl (C=O) groups excluding carboxylic acids is 5. The number of phenols is 12. The SMILES string of the molecule is O=C1O[C@H]2[C@@H]3OC(=O)c4cc(O)c(O)c(O)c4-c4c(cc(O)c(O)c4O)C(=O)OC[C@H]2O[C@@H](OC(=O)c2cc(O)c(O)c(O)c2)[C@@H]3OC(=O)c2cc(O)c(O)c(O)c2[C@@H]2C1=Cc1nc3ccccc3nc1C2O. The normalized spacial score (nSPS) is 22.3. The Labute approximate surface area is 403 Å². The summed E-state index contributed by atoms with van der Waals surface area (Å²) in [6, 6.07) is 8.89. The molecule has 1 fully saturated rings. The Bertz CT molecular complexity index is 3480. The summed E-state index contributed by atoms with van der Waals surface area (Å²) in [5.74, 6) is -25.4. The van der Waals surface area contributed by atoms with Gasteiger partial charge in [0, 0.05) is 16.7 Å². The molecule has 26 heteroatoms. The Morgan fingerprint density at radius 2 is 1.07 bits per heavy atom. The molecule has 4 bridgehead atoms. The molecule has 4 heterocycles. The van der Waals surface area contributed by atoms with Crippen LogP contribution in [0.4, 0.5) is 0 Å². The van der Waals surface area contributed by atoms with Gasteiger partial charge in [-0.3, -0.25) is 0 Å². The number of phenolic OH excluding ortho intramolecular Hbond substituents is 12. The number of aromatic hydroxyl groups is 12. The summed E-state index contributed by atoms with van der Waals surface area (Å²) in [7, 11) is 0. The fourth-order valence-corrected chi connectivity index (χ4v) is 8.88. The molecule has 1 unspecified atom stereocenters. The minimum Gasteiger partial charge on any atom is -0.504 e. The van der Waals surface area contributed by atoms with Gasteiger partial charge in [-0.1, -0.05) is 12.1 Å². The second-order valence-electron chi connectivity index (χ2n) is 16.6. The minimum atomic E-state index is -2.52. The van der Waals surface area contributed by atoms with Crippen molar-refractivity contribution in [3.8, 4) is 80.1 Å². The van der Waals surface area contributed by atoms with E-state index in [0.29, 0.717) is 30.3 Å². The second kappa shape index (κ2) is 16.9. The maximum absolute atomic E-state index is 15.0. The van der Waals surface area contributed by atoms with Crippen LogP contribution >= 0.6 is 0 Å². The summed E-state index contributed by atoms with van der Waals surface area (Å²) in [6.07, 6.45) is -13.0. The molecular formula is C47H32N2O24. The van der Waals surface area contributed by atoms with Gasteiger partial charge in [0.1, 0.15) is 18.8 Å². The molecule has 5 aromatic carbocycles. The molecule has 1 aromatic heterocycles. The molecule has 374 valence electrons. The second-order valence-corrected chi connectivity index (χ2v) is 16.6. The van der Waals surface area contributed by atoms with E-state index < -0.39 is 193 Å². The van der Waals surface area contributed by atoms with Gasteiger partial charge in [0.2, 0.25) is 29.6 Å². The van der Waals surface area contributed by atoms with Crippen LogP contribution in [0.1, 0.15) is 70.4 Å². The summed E-state index contributed by atoms with van der Waals surface area (Å²) in [6.45, 7) is -1.23. The van der Waals surface area contributed by atoms with Crippen LogP contribution in [0.15, 0.2) is 60.2 Å². The van der Waals surface area contributed by atoms with Gasteiger partial charge >= 0.3 is 29.8 Å². The molecule has 13 N–H and O–H groups in total. The summed E-state index contributed by atoms with van der Waals surface area (Å²) in [5.41, 5.74) is -7.42. The van der Waals surface area contributed by atoms with Crippen LogP contribution in [0.25, 0.3) is 28.2 Å². The molecule has 0 saturated carbocycles. The zero-order chi connectivity index (χ0) is 52.2. The van der Waals surface area contributed by atoms with Crippen LogP contribution in [0.5, 0.6) is 69.0 Å². The standard InChI is InChI=1S/C47H32N2O24/c50-20-5-12(6-21(51)31(20)55)42(63)73-47-41-40-39(25(69-47)11-68-43(64)14-8-22(52)32(56)36(60)27(14)29-16(45(66)71-40)10-24(54)34(58)38(29)62)70-44(65)13-7-19-30(49-18-4-2-1-3-17(18)48-19)35(59)26(13)28-15(46(67)72-41)9-23(53)33(57)37(28)61/h1-10,25-26,35,39-41,47,50-62H,11H2/t25-,26+,35?,39-,40+,41-,47+/m1/s1. The fraction of sp³-hybridized carbons (Fsp3) is 0.170. The summed E-state index contributed by atoms with van der Waals surface area (Å²) in [4.78, 5) is 81.7. The third-order valence-electron chi connectivity index (χ3n) is 12.3. The summed E-state index contributed by atoms with van der Waals surface area (Å²) >= 11 is 0. The Balaban J connectivity index is 1.22. The molecule has 4 aliphatic rings. The van der Waals surface area contributed by atoms with E-state index in [1.165, 1.54) is 12.1 Å². The van der Waals surface area contributed by atoms with E-state index in [0.717, 1.165) is 6.08 Å². The molecule has 1 saturated heterocycles. The maximum atomic E-state index is 15.0. The third kappa shape index (κ3) is 7.39. The first-order valence-electron chi connectivity index (χ1n) is 21.1. The third-order valence-corrected chi connectivity index (χ3v) is 12.3. The van der Waals surface area contributed by atoms with Crippen molar-refractivity contribution in [1.82, 2.24) is 9.97 Å². The first-order chi connectivity index (χ1) is 34.6. The van der Waals surface area contributed by atoms with Crippen molar-refractivity contribution in [2.24, 2.45) is 0 Å². The molecule has 10 rings (SSSR count). The Morgan fingerprint density at radius 1 is 0.562 bits per heavy atom. The highest BCUT2D eigenvalue weighted by atomic mass is 16.7. The Morgan fingerprint density at radius 3 is 1.68 bits per heavy atom. The van der Waals surface area contributed by atoms with Crippen molar-refractivity contribution in [3.63, 3.8) is 0 Å². The number of hydrogen-bond acceptors (Lipinski definition) is 26. The van der Waals surface area contributed by atoms with Crippen molar-refractivity contribution >= 4 is 47.0 Å². The van der Waals surface area contributed by atoms with E-state index in [1.807, 2.05) is 0 Å². The van der Waals surface area contributed by atoms with E-state index in [-0.39, 0.29) is 22.4 Å². The lowest BCUT2D eigenvalue weighted by molar-refractivity contribution is -0.286. The number of aromatic nitrogens is 2. The highest BCUT2D eigenvalue weighted by Crippen LogP contribution is 2.55. The summed E-state index contributed by atoms with van der Waals surface area (Å²) < 4.78 is 34.8. The van der Waals surface area contributed by atoms with Crippen LogP contribution in [0.3, 0.4) is 0 Å². The van der Waals surface area contributed by atoms with Gasteiger partial charge in [0.25, 0.3) is 0 Å². The average molecular weight is 1010 g/mol. The number of esters is 5.